The van der Waals surface area contributed by atoms with Crippen molar-refractivity contribution >= 4 is 50.6 Å². The quantitative estimate of drug-likeness (QED) is 0.753. The molecule has 0 fully saturated rings. The van der Waals surface area contributed by atoms with E-state index in [1.165, 1.54) is 0 Å². The number of hydrogen-bond acceptors (Lipinski definition) is 5. The van der Waals surface area contributed by atoms with Crippen molar-refractivity contribution in [3.05, 3.63) is 45.5 Å². The van der Waals surface area contributed by atoms with Crippen molar-refractivity contribution in [1.82, 2.24) is 9.97 Å². The zero-order chi connectivity index (χ0) is 14.8. The minimum Gasteiger partial charge on any atom is -0.486 e. The normalized spacial score (nSPS) is 10.8. The molecule has 0 spiro atoms. The van der Waals surface area contributed by atoms with E-state index >= 15 is 0 Å². The molecular weight excluding hydrogens is 329 g/mol. The summed E-state index contributed by atoms with van der Waals surface area (Å²) >= 11 is 13.4. The van der Waals surface area contributed by atoms with Gasteiger partial charge in [0.15, 0.2) is 5.82 Å². The number of aromatic nitrogens is 2. The molecule has 0 amide bonds. The number of nitrogens with zero attached hydrogens (tertiary/aromatic N) is 2. The van der Waals surface area contributed by atoms with E-state index in [9.17, 15) is 0 Å². The molecule has 1 N–H and O–H groups in total. The van der Waals surface area contributed by atoms with Crippen LogP contribution in [0, 0.1) is 0 Å². The Morgan fingerprint density at radius 3 is 2.81 bits per heavy atom. The van der Waals surface area contributed by atoms with Gasteiger partial charge in [-0.05, 0) is 23.6 Å². The van der Waals surface area contributed by atoms with Crippen LogP contribution in [0.5, 0.6) is 5.75 Å². The highest BCUT2D eigenvalue weighted by Crippen LogP contribution is 2.27. The fourth-order valence-electron chi connectivity index (χ4n) is 1.87. The molecule has 0 radical (unpaired) electrons. The molecule has 3 aromatic rings. The molecule has 0 aliphatic rings. The largest absolute Gasteiger partial charge is 0.486 e. The number of ether oxygens (including phenoxy) is 1. The maximum Gasteiger partial charge on any atom is 0.169 e. The highest BCUT2D eigenvalue weighted by Gasteiger charge is 2.08. The van der Waals surface area contributed by atoms with E-state index in [0.717, 1.165) is 16.0 Å². The molecule has 2 aromatic heterocycles. The highest BCUT2D eigenvalue weighted by atomic mass is 35.5. The van der Waals surface area contributed by atoms with Crippen LogP contribution in [0.25, 0.3) is 10.2 Å². The first-order valence-corrected chi connectivity index (χ1v) is 7.80. The monoisotopic (exact) mass is 339 g/mol. The van der Waals surface area contributed by atoms with Gasteiger partial charge in [-0.2, -0.15) is 0 Å². The van der Waals surface area contributed by atoms with Crippen LogP contribution in [0.15, 0.2) is 29.6 Å². The van der Waals surface area contributed by atoms with Crippen LogP contribution in [-0.4, -0.2) is 17.0 Å². The third-order valence-electron chi connectivity index (χ3n) is 2.87. The van der Waals surface area contributed by atoms with E-state index < -0.39 is 0 Å². The van der Waals surface area contributed by atoms with Crippen LogP contribution >= 0.6 is 34.5 Å². The number of anilines is 1. The average Bonchev–Trinajstić information content (AvgIpc) is 2.96. The van der Waals surface area contributed by atoms with Crippen molar-refractivity contribution in [3.8, 4) is 5.75 Å². The molecule has 21 heavy (non-hydrogen) atoms. The van der Waals surface area contributed by atoms with Gasteiger partial charge in [-0.3, -0.25) is 0 Å². The van der Waals surface area contributed by atoms with E-state index in [1.807, 2.05) is 18.5 Å². The van der Waals surface area contributed by atoms with E-state index in [4.69, 9.17) is 27.9 Å². The van der Waals surface area contributed by atoms with Crippen molar-refractivity contribution in [2.45, 2.75) is 6.61 Å². The Balaban J connectivity index is 1.82. The molecule has 0 aliphatic heterocycles. The standard InChI is InChI=1S/C14H11Cl2N3OS/c1-17-13-9-4-5-21-14(9)19-12(18-13)7-20-8-2-3-10(15)11(16)6-8/h2-6H,7H2,1H3,(H,17,18,19). The van der Waals surface area contributed by atoms with Crippen LogP contribution < -0.4 is 10.1 Å². The second-order valence-corrected chi connectivity index (χ2v) is 5.95. The number of nitrogens with one attached hydrogen (secondary N) is 1. The SMILES string of the molecule is CNc1nc(COc2ccc(Cl)c(Cl)c2)nc2sccc12. The van der Waals surface area contributed by atoms with E-state index in [-0.39, 0.29) is 6.61 Å². The summed E-state index contributed by atoms with van der Waals surface area (Å²) in [6.07, 6.45) is 0. The zero-order valence-corrected chi connectivity index (χ0v) is 13.4. The smallest absolute Gasteiger partial charge is 0.169 e. The predicted molar refractivity (Wildman–Crippen MR) is 87.8 cm³/mol. The summed E-state index contributed by atoms with van der Waals surface area (Å²) in [5.41, 5.74) is 0. The van der Waals surface area contributed by atoms with Gasteiger partial charge >= 0.3 is 0 Å². The van der Waals surface area contributed by atoms with Crippen LogP contribution in [0.2, 0.25) is 10.0 Å². The highest BCUT2D eigenvalue weighted by molar-refractivity contribution is 7.16. The van der Waals surface area contributed by atoms with Crippen LogP contribution in [-0.2, 0) is 6.61 Å². The fraction of sp³-hybridized carbons (Fsp3) is 0.143. The average molecular weight is 340 g/mol. The number of benzene rings is 1. The molecule has 108 valence electrons. The molecule has 7 heteroatoms. The third-order valence-corrected chi connectivity index (χ3v) is 4.41. The Kier molecular flexibility index (Phi) is 4.14. The summed E-state index contributed by atoms with van der Waals surface area (Å²) in [4.78, 5) is 9.86. The van der Waals surface area contributed by atoms with Crippen molar-refractivity contribution in [1.29, 1.82) is 0 Å². The first kappa shape index (κ1) is 14.4. The topological polar surface area (TPSA) is 47.0 Å². The van der Waals surface area contributed by atoms with Crippen LogP contribution in [0.1, 0.15) is 5.82 Å². The summed E-state index contributed by atoms with van der Waals surface area (Å²) in [7, 11) is 1.84. The van der Waals surface area contributed by atoms with E-state index in [0.29, 0.717) is 21.6 Å². The predicted octanol–water partition coefficient (Wildman–Crippen LogP) is 4.62. The summed E-state index contributed by atoms with van der Waals surface area (Å²) in [6, 6.07) is 7.13. The molecule has 3 rings (SSSR count). The molecule has 0 unspecified atom stereocenters. The van der Waals surface area contributed by atoms with Gasteiger partial charge in [0.25, 0.3) is 0 Å². The summed E-state index contributed by atoms with van der Waals surface area (Å²) in [6.45, 7) is 0.264. The minimum atomic E-state index is 0.264. The molecule has 1 aromatic carbocycles. The maximum atomic E-state index is 5.96. The first-order valence-electron chi connectivity index (χ1n) is 6.17. The van der Waals surface area contributed by atoms with E-state index in [2.05, 4.69) is 15.3 Å². The minimum absolute atomic E-state index is 0.264. The maximum absolute atomic E-state index is 5.96. The molecule has 0 saturated heterocycles. The number of halogens is 2. The second kappa shape index (κ2) is 6.05. The van der Waals surface area contributed by atoms with E-state index in [1.54, 1.807) is 29.5 Å². The molecule has 0 atom stereocenters. The molecular formula is C14H11Cl2N3OS. The van der Waals surface area contributed by atoms with Crippen molar-refractivity contribution < 1.29 is 4.74 Å². The Morgan fingerprint density at radius 2 is 2.05 bits per heavy atom. The van der Waals surface area contributed by atoms with Crippen molar-refractivity contribution in [3.63, 3.8) is 0 Å². The van der Waals surface area contributed by atoms with Gasteiger partial charge in [-0.15, -0.1) is 11.3 Å². The molecule has 4 nitrogen and oxygen atoms in total. The molecule has 0 bridgehead atoms. The fourth-order valence-corrected chi connectivity index (χ4v) is 2.94. The summed E-state index contributed by atoms with van der Waals surface area (Å²) < 4.78 is 5.66. The Labute approximate surface area is 135 Å². The van der Waals surface area contributed by atoms with Crippen LogP contribution in [0.4, 0.5) is 5.82 Å². The number of thiophene rings is 1. The number of hydrogen-bond donors (Lipinski definition) is 1. The van der Waals surface area contributed by atoms with Gasteiger partial charge in [-0.25, -0.2) is 9.97 Å². The lowest BCUT2D eigenvalue weighted by Gasteiger charge is -2.08. The Bertz CT molecular complexity index is 791. The molecule has 2 heterocycles. The lowest BCUT2D eigenvalue weighted by molar-refractivity contribution is 0.296. The first-order chi connectivity index (χ1) is 10.2. The van der Waals surface area contributed by atoms with Gasteiger partial charge in [-0.1, -0.05) is 23.2 Å². The Morgan fingerprint density at radius 1 is 1.19 bits per heavy atom. The van der Waals surface area contributed by atoms with Gasteiger partial charge in [0, 0.05) is 13.1 Å². The molecule has 0 aliphatic carbocycles. The van der Waals surface area contributed by atoms with Crippen molar-refractivity contribution in [2.75, 3.05) is 12.4 Å². The molecule has 0 saturated carbocycles. The zero-order valence-electron chi connectivity index (χ0n) is 11.1. The second-order valence-electron chi connectivity index (χ2n) is 4.24. The third kappa shape index (κ3) is 3.05. The summed E-state index contributed by atoms with van der Waals surface area (Å²) in [5.74, 6) is 2.04. The van der Waals surface area contributed by atoms with Gasteiger partial charge in [0.2, 0.25) is 0 Å². The van der Waals surface area contributed by atoms with Crippen LogP contribution in [0.3, 0.4) is 0 Å². The number of fused-ring (bicyclic) bond motifs is 1. The Hall–Kier alpha value is -1.56. The lowest BCUT2D eigenvalue weighted by atomic mass is 10.3. The van der Waals surface area contributed by atoms with Gasteiger partial charge < -0.3 is 10.1 Å². The lowest BCUT2D eigenvalue weighted by Crippen LogP contribution is -2.04. The van der Waals surface area contributed by atoms with Gasteiger partial charge in [0.1, 0.15) is 23.0 Å². The number of rotatable bonds is 4. The van der Waals surface area contributed by atoms with Gasteiger partial charge in [0.05, 0.1) is 15.4 Å². The summed E-state index contributed by atoms with van der Waals surface area (Å²) in [5, 5.41) is 7.03. The van der Waals surface area contributed by atoms with Crippen molar-refractivity contribution in [2.24, 2.45) is 0 Å².